The predicted molar refractivity (Wildman–Crippen MR) is 95.5 cm³/mol. The smallest absolute Gasteiger partial charge is 0.253 e. The summed E-state index contributed by atoms with van der Waals surface area (Å²) in [5, 5.41) is 0. The first-order valence-corrected chi connectivity index (χ1v) is 9.02. The summed E-state index contributed by atoms with van der Waals surface area (Å²) in [4.78, 5) is 19.6. The van der Waals surface area contributed by atoms with Crippen molar-refractivity contribution in [3.63, 3.8) is 0 Å². The minimum absolute atomic E-state index is 0.172. The Labute approximate surface area is 145 Å². The van der Waals surface area contributed by atoms with Gasteiger partial charge in [-0.15, -0.1) is 0 Å². The van der Waals surface area contributed by atoms with Gasteiger partial charge in [0.2, 0.25) is 0 Å². The van der Waals surface area contributed by atoms with Crippen LogP contribution in [0.1, 0.15) is 21.5 Å². The molecule has 132 valence electrons. The molecule has 1 aromatic rings. The van der Waals surface area contributed by atoms with Crippen molar-refractivity contribution in [2.24, 2.45) is 0 Å². The van der Waals surface area contributed by atoms with E-state index in [-0.39, 0.29) is 5.91 Å². The first-order chi connectivity index (χ1) is 11.6. The van der Waals surface area contributed by atoms with Crippen LogP contribution in [0, 0.1) is 13.8 Å². The lowest BCUT2D eigenvalue weighted by molar-refractivity contribution is 0.0293. The van der Waals surface area contributed by atoms with Crippen molar-refractivity contribution < 1.29 is 9.53 Å². The van der Waals surface area contributed by atoms with Gasteiger partial charge in [-0.3, -0.25) is 14.6 Å². The molecule has 0 aliphatic carbocycles. The number of aryl methyl sites for hydroxylation is 2. The number of nitrogens with zero attached hydrogens (tertiary/aromatic N) is 3. The summed E-state index contributed by atoms with van der Waals surface area (Å²) in [5.74, 6) is 0.172. The van der Waals surface area contributed by atoms with Crippen LogP contribution in [0.3, 0.4) is 0 Å². The molecule has 5 heteroatoms. The van der Waals surface area contributed by atoms with Crippen molar-refractivity contribution in [3.8, 4) is 0 Å². The van der Waals surface area contributed by atoms with E-state index in [2.05, 4.69) is 23.6 Å². The quantitative estimate of drug-likeness (QED) is 0.835. The molecule has 3 rings (SSSR count). The van der Waals surface area contributed by atoms with Crippen LogP contribution in [0.2, 0.25) is 0 Å². The van der Waals surface area contributed by atoms with E-state index in [0.717, 1.165) is 71.1 Å². The Morgan fingerprint density at radius 2 is 1.54 bits per heavy atom. The normalized spacial score (nSPS) is 20.3. The van der Waals surface area contributed by atoms with E-state index in [4.69, 9.17) is 4.74 Å². The number of morpholine rings is 1. The maximum Gasteiger partial charge on any atom is 0.253 e. The molecule has 1 aromatic carbocycles. The maximum atomic E-state index is 12.7. The SMILES string of the molecule is Cc1ccc(C(=O)N2CCN(CCN3CCOCC3)CC2)cc1C. The van der Waals surface area contributed by atoms with Gasteiger partial charge in [0.05, 0.1) is 13.2 Å². The molecule has 0 unspecified atom stereocenters. The number of hydrogen-bond donors (Lipinski definition) is 0. The highest BCUT2D eigenvalue weighted by molar-refractivity contribution is 5.94. The number of benzene rings is 1. The average Bonchev–Trinajstić information content (AvgIpc) is 2.63. The molecule has 0 N–H and O–H groups in total. The zero-order chi connectivity index (χ0) is 16.9. The molecular formula is C19H29N3O2. The summed E-state index contributed by atoms with van der Waals surface area (Å²) in [6.45, 7) is 13.8. The Kier molecular flexibility index (Phi) is 5.87. The molecule has 2 heterocycles. The standard InChI is InChI=1S/C19H29N3O2/c1-16-3-4-18(15-17(16)2)19(23)22-9-7-20(8-10-22)5-6-21-11-13-24-14-12-21/h3-4,15H,5-14H2,1-2H3. The monoisotopic (exact) mass is 331 g/mol. The highest BCUT2D eigenvalue weighted by Crippen LogP contribution is 2.13. The van der Waals surface area contributed by atoms with E-state index in [9.17, 15) is 4.79 Å². The summed E-state index contributed by atoms with van der Waals surface area (Å²) in [6, 6.07) is 6.01. The molecule has 24 heavy (non-hydrogen) atoms. The van der Waals surface area contributed by atoms with Gasteiger partial charge in [0.15, 0.2) is 0 Å². The molecule has 0 radical (unpaired) electrons. The third-order valence-corrected chi connectivity index (χ3v) is 5.25. The molecule has 2 fully saturated rings. The summed E-state index contributed by atoms with van der Waals surface area (Å²) in [6.07, 6.45) is 0. The number of carbonyl (C=O) groups is 1. The molecule has 5 nitrogen and oxygen atoms in total. The van der Waals surface area contributed by atoms with Gasteiger partial charge in [0, 0.05) is 57.9 Å². The van der Waals surface area contributed by atoms with Crippen LogP contribution in [0.15, 0.2) is 18.2 Å². The highest BCUT2D eigenvalue weighted by atomic mass is 16.5. The Bertz CT molecular complexity index is 562. The molecule has 0 spiro atoms. The fraction of sp³-hybridized carbons (Fsp3) is 0.632. The molecular weight excluding hydrogens is 302 g/mol. The van der Waals surface area contributed by atoms with Crippen LogP contribution in [0.25, 0.3) is 0 Å². The minimum atomic E-state index is 0.172. The Morgan fingerprint density at radius 1 is 0.917 bits per heavy atom. The van der Waals surface area contributed by atoms with Gasteiger partial charge in [-0.2, -0.15) is 0 Å². The highest BCUT2D eigenvalue weighted by Gasteiger charge is 2.22. The molecule has 0 saturated carbocycles. The minimum Gasteiger partial charge on any atom is -0.379 e. The summed E-state index contributed by atoms with van der Waals surface area (Å²) < 4.78 is 5.39. The van der Waals surface area contributed by atoms with E-state index in [1.54, 1.807) is 0 Å². The number of carbonyl (C=O) groups excluding carboxylic acids is 1. The van der Waals surface area contributed by atoms with Crippen molar-refractivity contribution in [2.75, 3.05) is 65.6 Å². The van der Waals surface area contributed by atoms with Crippen molar-refractivity contribution >= 4 is 5.91 Å². The topological polar surface area (TPSA) is 36.0 Å². The van der Waals surface area contributed by atoms with E-state index < -0.39 is 0 Å². The fourth-order valence-corrected chi connectivity index (χ4v) is 3.34. The second kappa shape index (κ2) is 8.10. The lowest BCUT2D eigenvalue weighted by Crippen LogP contribution is -2.51. The van der Waals surface area contributed by atoms with Crippen LogP contribution in [-0.2, 0) is 4.74 Å². The third-order valence-electron chi connectivity index (χ3n) is 5.25. The van der Waals surface area contributed by atoms with Crippen LogP contribution >= 0.6 is 0 Å². The van der Waals surface area contributed by atoms with Gasteiger partial charge in [-0.25, -0.2) is 0 Å². The Balaban J connectivity index is 1.45. The van der Waals surface area contributed by atoms with Crippen LogP contribution in [0.4, 0.5) is 0 Å². The summed E-state index contributed by atoms with van der Waals surface area (Å²) in [7, 11) is 0. The summed E-state index contributed by atoms with van der Waals surface area (Å²) in [5.41, 5.74) is 3.24. The van der Waals surface area contributed by atoms with Crippen molar-refractivity contribution in [1.82, 2.24) is 14.7 Å². The zero-order valence-corrected chi connectivity index (χ0v) is 15.0. The molecule has 0 atom stereocenters. The van der Waals surface area contributed by atoms with Crippen molar-refractivity contribution in [3.05, 3.63) is 34.9 Å². The fourth-order valence-electron chi connectivity index (χ4n) is 3.34. The third kappa shape index (κ3) is 4.35. The maximum absolute atomic E-state index is 12.7. The van der Waals surface area contributed by atoms with Crippen LogP contribution in [0.5, 0.6) is 0 Å². The number of amides is 1. The van der Waals surface area contributed by atoms with E-state index in [1.165, 1.54) is 11.1 Å². The number of piperazine rings is 1. The van der Waals surface area contributed by atoms with E-state index in [1.807, 2.05) is 23.1 Å². The van der Waals surface area contributed by atoms with Gasteiger partial charge in [0.25, 0.3) is 5.91 Å². The molecule has 0 bridgehead atoms. The van der Waals surface area contributed by atoms with Gasteiger partial charge < -0.3 is 9.64 Å². The first kappa shape index (κ1) is 17.4. The molecule has 0 aromatic heterocycles. The van der Waals surface area contributed by atoms with Crippen LogP contribution < -0.4 is 0 Å². The lowest BCUT2D eigenvalue weighted by Gasteiger charge is -2.36. The Morgan fingerprint density at radius 3 is 2.17 bits per heavy atom. The number of rotatable bonds is 4. The second-order valence-electron chi connectivity index (χ2n) is 6.89. The molecule has 1 amide bonds. The number of hydrogen-bond acceptors (Lipinski definition) is 4. The molecule has 2 aliphatic rings. The lowest BCUT2D eigenvalue weighted by atomic mass is 10.1. The molecule has 2 saturated heterocycles. The van der Waals surface area contributed by atoms with E-state index in [0.29, 0.717) is 0 Å². The van der Waals surface area contributed by atoms with E-state index >= 15 is 0 Å². The first-order valence-electron chi connectivity index (χ1n) is 9.02. The van der Waals surface area contributed by atoms with Crippen molar-refractivity contribution in [1.29, 1.82) is 0 Å². The van der Waals surface area contributed by atoms with Gasteiger partial charge in [-0.1, -0.05) is 6.07 Å². The Hall–Kier alpha value is -1.43. The number of ether oxygens (including phenoxy) is 1. The average molecular weight is 331 g/mol. The van der Waals surface area contributed by atoms with Crippen molar-refractivity contribution in [2.45, 2.75) is 13.8 Å². The zero-order valence-electron chi connectivity index (χ0n) is 15.0. The summed E-state index contributed by atoms with van der Waals surface area (Å²) >= 11 is 0. The second-order valence-corrected chi connectivity index (χ2v) is 6.89. The largest absolute Gasteiger partial charge is 0.379 e. The van der Waals surface area contributed by atoms with Gasteiger partial charge in [-0.05, 0) is 37.1 Å². The predicted octanol–water partition coefficient (Wildman–Crippen LogP) is 1.39. The van der Waals surface area contributed by atoms with Gasteiger partial charge >= 0.3 is 0 Å². The molecule has 2 aliphatic heterocycles. The van der Waals surface area contributed by atoms with Gasteiger partial charge in [0.1, 0.15) is 0 Å². The van der Waals surface area contributed by atoms with Crippen LogP contribution in [-0.4, -0.2) is 86.2 Å².